The third-order valence-electron chi connectivity index (χ3n) is 4.63. The van der Waals surface area contributed by atoms with E-state index in [0.29, 0.717) is 43.1 Å². The summed E-state index contributed by atoms with van der Waals surface area (Å²) in [6, 6.07) is -0.124. The highest BCUT2D eigenvalue weighted by atomic mass is 32.1. The van der Waals surface area contributed by atoms with Crippen LogP contribution in [0.5, 0.6) is 0 Å². The molecule has 1 aliphatic heterocycles. The summed E-state index contributed by atoms with van der Waals surface area (Å²) in [5.74, 6) is 1.37. The van der Waals surface area contributed by atoms with Crippen LogP contribution in [0.25, 0.3) is 0 Å². The Balaban J connectivity index is 1.48. The predicted octanol–water partition coefficient (Wildman–Crippen LogP) is 2.60. The molecule has 6 nitrogen and oxygen atoms in total. The van der Waals surface area contributed by atoms with E-state index in [1.807, 2.05) is 10.3 Å². The Morgan fingerprint density at radius 2 is 1.87 bits per heavy atom. The molecule has 0 spiro atoms. The smallest absolute Gasteiger partial charge is 0.323 e. The van der Waals surface area contributed by atoms with Crippen molar-refractivity contribution in [1.29, 1.82) is 0 Å². The van der Waals surface area contributed by atoms with Gasteiger partial charge in [-0.15, -0.1) is 11.3 Å². The number of anilines is 1. The second kappa shape index (κ2) is 6.47. The van der Waals surface area contributed by atoms with E-state index in [9.17, 15) is 9.59 Å². The zero-order valence-electron chi connectivity index (χ0n) is 13.9. The SMILES string of the molecule is CC(C)c1csc(NC(=O)N2CCN(C(=O)C3CC3C)CC2)n1. The van der Waals surface area contributed by atoms with Crippen LogP contribution in [0.3, 0.4) is 0 Å². The number of piperazine rings is 1. The van der Waals surface area contributed by atoms with Gasteiger partial charge in [-0.1, -0.05) is 20.8 Å². The van der Waals surface area contributed by atoms with Crippen LogP contribution in [0.4, 0.5) is 9.93 Å². The molecular formula is C16H24N4O2S. The van der Waals surface area contributed by atoms with Crippen LogP contribution in [0.15, 0.2) is 5.38 Å². The third-order valence-corrected chi connectivity index (χ3v) is 5.41. The molecule has 3 amide bonds. The van der Waals surface area contributed by atoms with Gasteiger partial charge in [-0.2, -0.15) is 0 Å². The van der Waals surface area contributed by atoms with Crippen molar-refractivity contribution >= 4 is 28.4 Å². The Morgan fingerprint density at radius 3 is 2.39 bits per heavy atom. The van der Waals surface area contributed by atoms with Gasteiger partial charge in [0.15, 0.2) is 5.13 Å². The molecule has 1 saturated carbocycles. The van der Waals surface area contributed by atoms with Gasteiger partial charge in [-0.25, -0.2) is 9.78 Å². The van der Waals surface area contributed by atoms with E-state index in [0.717, 1.165) is 12.1 Å². The highest BCUT2D eigenvalue weighted by Crippen LogP contribution is 2.39. The first-order valence-electron chi connectivity index (χ1n) is 8.26. The fourth-order valence-corrected chi connectivity index (χ4v) is 3.67. The molecule has 0 bridgehead atoms. The quantitative estimate of drug-likeness (QED) is 0.923. The number of aromatic nitrogens is 1. The fraction of sp³-hybridized carbons (Fsp3) is 0.688. The molecule has 3 rings (SSSR count). The van der Waals surface area contributed by atoms with Crippen LogP contribution < -0.4 is 5.32 Å². The van der Waals surface area contributed by atoms with E-state index in [1.165, 1.54) is 11.3 Å². The lowest BCUT2D eigenvalue weighted by Gasteiger charge is -2.34. The average Bonchev–Trinajstić information content (AvgIpc) is 3.07. The molecule has 0 radical (unpaired) electrons. The van der Waals surface area contributed by atoms with Gasteiger partial charge in [-0.3, -0.25) is 10.1 Å². The van der Waals surface area contributed by atoms with Crippen LogP contribution in [0.2, 0.25) is 0 Å². The first kappa shape index (κ1) is 16.2. The number of hydrogen-bond acceptors (Lipinski definition) is 4. The van der Waals surface area contributed by atoms with Gasteiger partial charge in [0.05, 0.1) is 5.69 Å². The van der Waals surface area contributed by atoms with Crippen molar-refractivity contribution in [3.63, 3.8) is 0 Å². The molecule has 2 fully saturated rings. The van der Waals surface area contributed by atoms with Crippen LogP contribution in [0, 0.1) is 11.8 Å². The van der Waals surface area contributed by atoms with Crippen molar-refractivity contribution < 1.29 is 9.59 Å². The number of nitrogens with zero attached hydrogens (tertiary/aromatic N) is 3. The van der Waals surface area contributed by atoms with Crippen molar-refractivity contribution in [2.24, 2.45) is 11.8 Å². The summed E-state index contributed by atoms with van der Waals surface area (Å²) in [5, 5.41) is 5.49. The summed E-state index contributed by atoms with van der Waals surface area (Å²) in [6.45, 7) is 8.71. The molecule has 2 unspecified atom stereocenters. The zero-order chi connectivity index (χ0) is 16.6. The summed E-state index contributed by atoms with van der Waals surface area (Å²) in [5.41, 5.74) is 0.999. The van der Waals surface area contributed by atoms with Crippen LogP contribution in [-0.4, -0.2) is 52.9 Å². The van der Waals surface area contributed by atoms with E-state index in [1.54, 1.807) is 4.90 Å². The van der Waals surface area contributed by atoms with Crippen molar-refractivity contribution in [2.75, 3.05) is 31.5 Å². The minimum atomic E-state index is -0.124. The highest BCUT2D eigenvalue weighted by Gasteiger charge is 2.42. The van der Waals surface area contributed by atoms with Crippen molar-refractivity contribution in [3.8, 4) is 0 Å². The number of carbonyl (C=O) groups excluding carboxylic acids is 2. The zero-order valence-corrected chi connectivity index (χ0v) is 14.7. The summed E-state index contributed by atoms with van der Waals surface area (Å²) >= 11 is 1.45. The van der Waals surface area contributed by atoms with Gasteiger partial charge >= 0.3 is 6.03 Å². The maximum atomic E-state index is 12.3. The first-order chi connectivity index (χ1) is 11.0. The standard InChI is InChI=1S/C16H24N4O2S/c1-10(2)13-9-23-15(17-13)18-16(22)20-6-4-19(5-7-20)14(21)12-8-11(12)3/h9-12H,4-8H2,1-3H3,(H,17,18,22). The third kappa shape index (κ3) is 3.65. The Bertz CT molecular complexity index is 593. The van der Waals surface area contributed by atoms with Gasteiger partial charge in [-0.05, 0) is 18.3 Å². The van der Waals surface area contributed by atoms with Gasteiger partial charge in [0.2, 0.25) is 5.91 Å². The number of carbonyl (C=O) groups is 2. The Kier molecular flexibility index (Phi) is 4.57. The predicted molar refractivity (Wildman–Crippen MR) is 90.6 cm³/mol. The number of thiazole rings is 1. The second-order valence-electron chi connectivity index (χ2n) is 6.79. The number of nitrogens with one attached hydrogen (secondary N) is 1. The minimum absolute atomic E-state index is 0.124. The van der Waals surface area contributed by atoms with E-state index in [4.69, 9.17) is 0 Å². The van der Waals surface area contributed by atoms with Crippen LogP contribution >= 0.6 is 11.3 Å². The molecule has 1 saturated heterocycles. The Hall–Kier alpha value is -1.63. The van der Waals surface area contributed by atoms with Gasteiger partial charge in [0, 0.05) is 37.5 Å². The van der Waals surface area contributed by atoms with Crippen molar-refractivity contribution in [1.82, 2.24) is 14.8 Å². The molecule has 1 N–H and O–H groups in total. The Labute approximate surface area is 140 Å². The summed E-state index contributed by atoms with van der Waals surface area (Å²) in [7, 11) is 0. The normalized spacial score (nSPS) is 24.0. The lowest BCUT2D eigenvalue weighted by molar-refractivity contribution is -0.134. The molecule has 1 aliphatic carbocycles. The summed E-state index contributed by atoms with van der Waals surface area (Å²) in [6.07, 6.45) is 1.02. The number of amides is 3. The second-order valence-corrected chi connectivity index (χ2v) is 7.65. The van der Waals surface area contributed by atoms with Gasteiger partial charge in [0.25, 0.3) is 0 Å². The van der Waals surface area contributed by atoms with E-state index < -0.39 is 0 Å². The largest absolute Gasteiger partial charge is 0.339 e. The molecule has 0 aromatic carbocycles. The van der Waals surface area contributed by atoms with Crippen molar-refractivity contribution in [2.45, 2.75) is 33.1 Å². The van der Waals surface area contributed by atoms with Crippen LogP contribution in [0.1, 0.15) is 38.8 Å². The maximum Gasteiger partial charge on any atom is 0.323 e. The summed E-state index contributed by atoms with van der Waals surface area (Å²) < 4.78 is 0. The number of urea groups is 1. The molecule has 7 heteroatoms. The van der Waals surface area contributed by atoms with Crippen molar-refractivity contribution in [3.05, 3.63) is 11.1 Å². The first-order valence-corrected chi connectivity index (χ1v) is 9.13. The van der Waals surface area contributed by atoms with E-state index >= 15 is 0 Å². The average molecular weight is 336 g/mol. The molecule has 2 heterocycles. The highest BCUT2D eigenvalue weighted by molar-refractivity contribution is 7.13. The summed E-state index contributed by atoms with van der Waals surface area (Å²) in [4.78, 5) is 32.6. The monoisotopic (exact) mass is 336 g/mol. The number of rotatable bonds is 3. The molecule has 126 valence electrons. The topological polar surface area (TPSA) is 65.5 Å². The lowest BCUT2D eigenvalue weighted by Crippen LogP contribution is -2.52. The molecule has 2 atom stereocenters. The number of hydrogen-bond donors (Lipinski definition) is 1. The Morgan fingerprint density at radius 1 is 1.26 bits per heavy atom. The molecule has 23 heavy (non-hydrogen) atoms. The molecular weight excluding hydrogens is 312 g/mol. The van der Waals surface area contributed by atoms with Gasteiger partial charge in [0.1, 0.15) is 0 Å². The minimum Gasteiger partial charge on any atom is -0.339 e. The lowest BCUT2D eigenvalue weighted by atomic mass is 10.2. The van der Waals surface area contributed by atoms with Gasteiger partial charge < -0.3 is 9.80 Å². The van der Waals surface area contributed by atoms with Crippen LogP contribution in [-0.2, 0) is 4.79 Å². The van der Waals surface area contributed by atoms with E-state index in [-0.39, 0.29) is 17.9 Å². The van der Waals surface area contributed by atoms with E-state index in [2.05, 4.69) is 31.1 Å². The molecule has 2 aliphatic rings. The molecule has 1 aromatic rings. The maximum absolute atomic E-state index is 12.3. The fourth-order valence-electron chi connectivity index (χ4n) is 2.81. The molecule has 1 aromatic heterocycles.